The zero-order valence-electron chi connectivity index (χ0n) is 11.5. The number of benzene rings is 1. The molecule has 100 valence electrons. The number of hydrogen-bond donors (Lipinski definition) is 1. The van der Waals surface area contributed by atoms with Crippen LogP contribution in [0.5, 0.6) is 5.75 Å². The highest BCUT2D eigenvalue weighted by molar-refractivity contribution is 5.56. The Morgan fingerprint density at radius 3 is 2.67 bits per heavy atom. The molecular formula is C15H24N2O. The Morgan fingerprint density at radius 1 is 1.22 bits per heavy atom. The fourth-order valence-corrected chi connectivity index (χ4v) is 2.53. The molecule has 1 aliphatic rings. The Bertz CT molecular complexity index is 398. The van der Waals surface area contributed by atoms with E-state index in [1.165, 1.54) is 31.5 Å². The van der Waals surface area contributed by atoms with Gasteiger partial charge in [0.05, 0.1) is 6.61 Å². The van der Waals surface area contributed by atoms with Crippen LogP contribution >= 0.6 is 0 Å². The third kappa shape index (κ3) is 3.16. The minimum atomic E-state index is 0.779. The molecule has 0 radical (unpaired) electrons. The summed E-state index contributed by atoms with van der Waals surface area (Å²) in [5, 5.41) is 0. The molecule has 18 heavy (non-hydrogen) atoms. The van der Waals surface area contributed by atoms with Crippen LogP contribution in [0.1, 0.15) is 30.4 Å². The van der Waals surface area contributed by atoms with Crippen molar-refractivity contribution in [3.05, 3.63) is 23.3 Å². The summed E-state index contributed by atoms with van der Waals surface area (Å²) in [6.07, 6.45) is 3.80. The summed E-state index contributed by atoms with van der Waals surface area (Å²) >= 11 is 0. The Kier molecular flexibility index (Phi) is 4.48. The Balaban J connectivity index is 1.80. The lowest BCUT2D eigenvalue weighted by Gasteiger charge is -2.16. The maximum absolute atomic E-state index is 5.91. The molecule has 1 saturated heterocycles. The first-order chi connectivity index (χ1) is 8.68. The fraction of sp³-hybridized carbons (Fsp3) is 0.600. The van der Waals surface area contributed by atoms with Crippen molar-refractivity contribution in [2.75, 3.05) is 32.0 Å². The van der Waals surface area contributed by atoms with Gasteiger partial charge in [0.1, 0.15) is 5.75 Å². The van der Waals surface area contributed by atoms with Crippen molar-refractivity contribution in [3.8, 4) is 5.75 Å². The minimum Gasteiger partial charge on any atom is -0.493 e. The highest BCUT2D eigenvalue weighted by atomic mass is 16.5. The van der Waals surface area contributed by atoms with Crippen molar-refractivity contribution in [2.45, 2.75) is 33.1 Å². The van der Waals surface area contributed by atoms with E-state index in [1.807, 2.05) is 19.1 Å². The molecule has 1 aromatic carbocycles. The van der Waals surface area contributed by atoms with E-state index in [1.54, 1.807) is 0 Å². The molecule has 0 atom stereocenters. The van der Waals surface area contributed by atoms with Crippen LogP contribution in [0.4, 0.5) is 5.69 Å². The van der Waals surface area contributed by atoms with E-state index in [4.69, 9.17) is 10.5 Å². The van der Waals surface area contributed by atoms with Crippen LogP contribution in [0.3, 0.4) is 0 Å². The molecule has 0 aliphatic carbocycles. The molecule has 1 fully saturated rings. The van der Waals surface area contributed by atoms with Crippen LogP contribution in [-0.4, -0.2) is 31.1 Å². The molecule has 0 bridgehead atoms. The molecule has 2 N–H and O–H groups in total. The quantitative estimate of drug-likeness (QED) is 0.643. The summed E-state index contributed by atoms with van der Waals surface area (Å²) in [4.78, 5) is 2.52. The van der Waals surface area contributed by atoms with Gasteiger partial charge in [0.2, 0.25) is 0 Å². The summed E-state index contributed by atoms with van der Waals surface area (Å²) in [5.41, 5.74) is 8.96. The number of ether oxygens (including phenoxy) is 1. The maximum Gasteiger partial charge on any atom is 0.127 e. The minimum absolute atomic E-state index is 0.779. The van der Waals surface area contributed by atoms with E-state index in [9.17, 15) is 0 Å². The number of likely N-dealkylation sites (tertiary alicyclic amines) is 1. The molecule has 3 nitrogen and oxygen atoms in total. The number of nitrogen functional groups attached to an aromatic ring is 1. The largest absolute Gasteiger partial charge is 0.493 e. The number of aryl methyl sites for hydroxylation is 1. The SMILES string of the molecule is Cc1ccc(N)c(C)c1OCCCN1CCCC1. The zero-order valence-corrected chi connectivity index (χ0v) is 11.5. The van der Waals surface area contributed by atoms with Gasteiger partial charge in [-0.2, -0.15) is 0 Å². The summed E-state index contributed by atoms with van der Waals surface area (Å²) < 4.78 is 5.90. The summed E-state index contributed by atoms with van der Waals surface area (Å²) in [6, 6.07) is 3.97. The first kappa shape index (κ1) is 13.2. The van der Waals surface area contributed by atoms with Crippen LogP contribution in [-0.2, 0) is 0 Å². The third-order valence-electron chi connectivity index (χ3n) is 3.71. The highest BCUT2D eigenvalue weighted by Gasteiger charge is 2.11. The van der Waals surface area contributed by atoms with Crippen molar-refractivity contribution in [2.24, 2.45) is 0 Å². The van der Waals surface area contributed by atoms with Gasteiger partial charge in [-0.25, -0.2) is 0 Å². The van der Waals surface area contributed by atoms with Crippen molar-refractivity contribution < 1.29 is 4.74 Å². The summed E-state index contributed by atoms with van der Waals surface area (Å²) in [7, 11) is 0. The Hall–Kier alpha value is -1.22. The summed E-state index contributed by atoms with van der Waals surface area (Å²) in [5.74, 6) is 0.969. The van der Waals surface area contributed by atoms with E-state index in [0.29, 0.717) is 0 Å². The Labute approximate surface area is 110 Å². The van der Waals surface area contributed by atoms with Crippen molar-refractivity contribution in [3.63, 3.8) is 0 Å². The van der Waals surface area contributed by atoms with Gasteiger partial charge in [-0.3, -0.25) is 0 Å². The van der Waals surface area contributed by atoms with E-state index >= 15 is 0 Å². The number of hydrogen-bond acceptors (Lipinski definition) is 3. The third-order valence-corrected chi connectivity index (χ3v) is 3.71. The van der Waals surface area contributed by atoms with Gasteiger partial charge in [0.25, 0.3) is 0 Å². The highest BCUT2D eigenvalue weighted by Crippen LogP contribution is 2.27. The van der Waals surface area contributed by atoms with Gasteiger partial charge in [0, 0.05) is 17.8 Å². The van der Waals surface area contributed by atoms with E-state index < -0.39 is 0 Å². The second kappa shape index (κ2) is 6.10. The fourth-order valence-electron chi connectivity index (χ4n) is 2.53. The second-order valence-corrected chi connectivity index (χ2v) is 5.18. The number of nitrogens with two attached hydrogens (primary N) is 1. The van der Waals surface area contributed by atoms with Crippen LogP contribution in [0.2, 0.25) is 0 Å². The first-order valence-corrected chi connectivity index (χ1v) is 6.89. The van der Waals surface area contributed by atoms with Crippen LogP contribution in [0, 0.1) is 13.8 Å². The zero-order chi connectivity index (χ0) is 13.0. The standard InChI is InChI=1S/C15H24N2O/c1-12-6-7-14(16)13(2)15(12)18-11-5-10-17-8-3-4-9-17/h6-7H,3-5,8-11,16H2,1-2H3. The lowest BCUT2D eigenvalue weighted by molar-refractivity contribution is 0.261. The molecule has 1 aromatic rings. The molecule has 0 spiro atoms. The van der Waals surface area contributed by atoms with Crippen LogP contribution < -0.4 is 10.5 Å². The lowest BCUT2D eigenvalue weighted by atomic mass is 10.1. The molecule has 0 unspecified atom stereocenters. The van der Waals surface area contributed by atoms with Crippen molar-refractivity contribution in [1.82, 2.24) is 4.90 Å². The van der Waals surface area contributed by atoms with Crippen LogP contribution in [0.15, 0.2) is 12.1 Å². The predicted octanol–water partition coefficient (Wildman–Crippen LogP) is 2.75. The average molecular weight is 248 g/mol. The average Bonchev–Trinajstić information content (AvgIpc) is 2.86. The molecule has 0 amide bonds. The van der Waals surface area contributed by atoms with Gasteiger partial charge in [-0.1, -0.05) is 6.07 Å². The van der Waals surface area contributed by atoms with Crippen molar-refractivity contribution >= 4 is 5.69 Å². The van der Waals surface area contributed by atoms with Gasteiger partial charge in [-0.05, 0) is 57.8 Å². The number of rotatable bonds is 5. The molecule has 2 rings (SSSR count). The first-order valence-electron chi connectivity index (χ1n) is 6.89. The lowest BCUT2D eigenvalue weighted by Crippen LogP contribution is -2.22. The van der Waals surface area contributed by atoms with Gasteiger partial charge in [0.15, 0.2) is 0 Å². The van der Waals surface area contributed by atoms with Gasteiger partial charge < -0.3 is 15.4 Å². The molecule has 1 aliphatic heterocycles. The van der Waals surface area contributed by atoms with Gasteiger partial charge >= 0.3 is 0 Å². The number of nitrogens with zero attached hydrogens (tertiary/aromatic N) is 1. The molecule has 0 aromatic heterocycles. The normalized spacial score (nSPS) is 16.1. The molecule has 3 heteroatoms. The molecule has 1 heterocycles. The van der Waals surface area contributed by atoms with Crippen molar-refractivity contribution in [1.29, 1.82) is 0 Å². The smallest absolute Gasteiger partial charge is 0.127 e. The van der Waals surface area contributed by atoms with Gasteiger partial charge in [-0.15, -0.1) is 0 Å². The molecule has 0 saturated carbocycles. The monoisotopic (exact) mass is 248 g/mol. The predicted molar refractivity (Wildman–Crippen MR) is 76.1 cm³/mol. The van der Waals surface area contributed by atoms with E-state index in [0.717, 1.165) is 36.6 Å². The second-order valence-electron chi connectivity index (χ2n) is 5.18. The topological polar surface area (TPSA) is 38.5 Å². The van der Waals surface area contributed by atoms with Crippen LogP contribution in [0.25, 0.3) is 0 Å². The van der Waals surface area contributed by atoms with E-state index in [-0.39, 0.29) is 0 Å². The summed E-state index contributed by atoms with van der Waals surface area (Å²) in [6.45, 7) is 8.55. The maximum atomic E-state index is 5.91. The Morgan fingerprint density at radius 2 is 1.94 bits per heavy atom. The molecular weight excluding hydrogens is 224 g/mol. The van der Waals surface area contributed by atoms with E-state index in [2.05, 4.69) is 11.8 Å². The number of anilines is 1.